The lowest BCUT2D eigenvalue weighted by Gasteiger charge is -2.21. The molecule has 2 aromatic rings. The number of carbonyl (C=O) groups excluding carboxylic acids is 1. The number of amides is 1. The summed E-state index contributed by atoms with van der Waals surface area (Å²) in [6.45, 7) is 5.66. The first-order valence-corrected chi connectivity index (χ1v) is 12.2. The molecule has 0 aliphatic carbocycles. The van der Waals surface area contributed by atoms with Crippen LogP contribution in [0.25, 0.3) is 0 Å². The van der Waals surface area contributed by atoms with Crippen LogP contribution in [0.2, 0.25) is 0 Å². The van der Waals surface area contributed by atoms with Crippen molar-refractivity contribution >= 4 is 27.3 Å². The molecule has 0 radical (unpaired) electrons. The Bertz CT molecular complexity index is 1080. The zero-order chi connectivity index (χ0) is 22.0. The van der Waals surface area contributed by atoms with E-state index in [1.54, 1.807) is 41.3 Å². The molecule has 7 nitrogen and oxygen atoms in total. The van der Waals surface area contributed by atoms with Crippen molar-refractivity contribution in [2.45, 2.75) is 50.5 Å². The number of nitrogens with zero attached hydrogens (tertiary/aromatic N) is 1. The fourth-order valence-corrected chi connectivity index (χ4v) is 5.15. The number of benzene rings is 2. The zero-order valence-electron chi connectivity index (χ0n) is 17.9. The average molecular weight is 445 g/mol. The Balaban J connectivity index is 1.50. The van der Waals surface area contributed by atoms with Gasteiger partial charge in [-0.1, -0.05) is 6.92 Å². The van der Waals surface area contributed by atoms with Crippen LogP contribution in [-0.4, -0.2) is 40.2 Å². The van der Waals surface area contributed by atoms with Crippen molar-refractivity contribution in [1.29, 1.82) is 0 Å². The molecule has 1 N–H and O–H groups in total. The third kappa shape index (κ3) is 4.55. The van der Waals surface area contributed by atoms with Gasteiger partial charge in [-0.15, -0.1) is 0 Å². The molecule has 0 bridgehead atoms. The first-order chi connectivity index (χ1) is 14.9. The number of nitrogens with one attached hydrogen (secondary N) is 1. The van der Waals surface area contributed by atoms with Crippen LogP contribution in [0.5, 0.6) is 5.75 Å². The van der Waals surface area contributed by atoms with Crippen LogP contribution in [0.4, 0.5) is 11.4 Å². The number of hydrogen-bond acceptors (Lipinski definition) is 5. The third-order valence-electron chi connectivity index (χ3n) is 5.62. The van der Waals surface area contributed by atoms with Gasteiger partial charge >= 0.3 is 0 Å². The summed E-state index contributed by atoms with van der Waals surface area (Å²) in [6, 6.07) is 10.2. The Morgan fingerprint density at radius 3 is 2.81 bits per heavy atom. The van der Waals surface area contributed by atoms with E-state index in [4.69, 9.17) is 9.47 Å². The molecule has 0 spiro atoms. The third-order valence-corrected chi connectivity index (χ3v) is 7.00. The van der Waals surface area contributed by atoms with Gasteiger partial charge in [0, 0.05) is 24.5 Å². The molecule has 2 heterocycles. The SMILES string of the molecule is CCCOc1ccc(S(=O)(=O)Nc2ccc3c(c2)CCN3C(=O)C2CCCO2)cc1C. The van der Waals surface area contributed by atoms with Crippen molar-refractivity contribution in [1.82, 2.24) is 0 Å². The summed E-state index contributed by atoms with van der Waals surface area (Å²) >= 11 is 0. The second kappa shape index (κ2) is 8.88. The summed E-state index contributed by atoms with van der Waals surface area (Å²) in [4.78, 5) is 14.7. The standard InChI is InChI=1S/C23H28N2O5S/c1-3-12-29-21-9-7-19(14-16(21)2)31(27,28)24-18-6-8-20-17(15-18)10-11-25(20)23(26)22-5-4-13-30-22/h6-9,14-15,22,24H,3-5,10-13H2,1-2H3. The van der Waals surface area contributed by atoms with Gasteiger partial charge in [-0.2, -0.15) is 0 Å². The summed E-state index contributed by atoms with van der Waals surface area (Å²) in [5, 5.41) is 0. The Labute approximate surface area is 183 Å². The Morgan fingerprint density at radius 1 is 1.26 bits per heavy atom. The van der Waals surface area contributed by atoms with Gasteiger partial charge in [-0.25, -0.2) is 8.42 Å². The topological polar surface area (TPSA) is 84.9 Å². The molecule has 2 aromatic carbocycles. The maximum absolute atomic E-state index is 12.9. The van der Waals surface area contributed by atoms with Crippen molar-refractivity contribution in [2.24, 2.45) is 0 Å². The smallest absolute Gasteiger partial charge is 0.261 e. The summed E-state index contributed by atoms with van der Waals surface area (Å²) < 4.78 is 39.6. The summed E-state index contributed by atoms with van der Waals surface area (Å²) in [7, 11) is -3.74. The largest absolute Gasteiger partial charge is 0.493 e. The molecule has 2 aliphatic rings. The van der Waals surface area contributed by atoms with E-state index in [1.807, 2.05) is 13.8 Å². The average Bonchev–Trinajstić information content (AvgIpc) is 3.42. The van der Waals surface area contributed by atoms with Crippen LogP contribution >= 0.6 is 0 Å². The molecule has 31 heavy (non-hydrogen) atoms. The Hall–Kier alpha value is -2.58. The number of aryl methyl sites for hydroxylation is 1. The highest BCUT2D eigenvalue weighted by Crippen LogP contribution is 2.33. The van der Waals surface area contributed by atoms with Crippen LogP contribution in [0, 0.1) is 6.92 Å². The lowest BCUT2D eigenvalue weighted by atomic mass is 10.1. The fourth-order valence-electron chi connectivity index (χ4n) is 4.02. The van der Waals surface area contributed by atoms with Crippen molar-refractivity contribution < 1.29 is 22.7 Å². The first kappa shape index (κ1) is 21.6. The molecule has 1 saturated heterocycles. The Kier molecular flexibility index (Phi) is 6.20. The van der Waals surface area contributed by atoms with Crippen molar-refractivity contribution in [3.05, 3.63) is 47.5 Å². The molecule has 1 atom stereocenters. The van der Waals surface area contributed by atoms with Gasteiger partial charge in [0.2, 0.25) is 0 Å². The van der Waals surface area contributed by atoms with Gasteiger partial charge in [0.15, 0.2) is 0 Å². The van der Waals surface area contributed by atoms with Crippen LogP contribution in [0.15, 0.2) is 41.3 Å². The van der Waals surface area contributed by atoms with Gasteiger partial charge < -0.3 is 14.4 Å². The van der Waals surface area contributed by atoms with Crippen LogP contribution in [0.3, 0.4) is 0 Å². The highest BCUT2D eigenvalue weighted by molar-refractivity contribution is 7.92. The van der Waals surface area contributed by atoms with E-state index in [2.05, 4.69) is 4.72 Å². The monoisotopic (exact) mass is 444 g/mol. The molecule has 1 amide bonds. The number of carbonyl (C=O) groups is 1. The Morgan fingerprint density at radius 2 is 2.10 bits per heavy atom. The zero-order valence-corrected chi connectivity index (χ0v) is 18.7. The molecule has 2 aliphatic heterocycles. The van der Waals surface area contributed by atoms with Crippen LogP contribution in [-0.2, 0) is 26.0 Å². The molecule has 4 rings (SSSR count). The second-order valence-corrected chi connectivity index (χ2v) is 9.65. The molecular formula is C23H28N2O5S. The number of hydrogen-bond donors (Lipinski definition) is 1. The van der Waals surface area contributed by atoms with Gasteiger partial charge in [0.1, 0.15) is 11.9 Å². The highest BCUT2D eigenvalue weighted by Gasteiger charge is 2.32. The summed E-state index contributed by atoms with van der Waals surface area (Å²) in [5.41, 5.74) is 3.03. The van der Waals surface area contributed by atoms with E-state index >= 15 is 0 Å². The van der Waals surface area contributed by atoms with E-state index < -0.39 is 10.0 Å². The molecule has 1 unspecified atom stereocenters. The summed E-state index contributed by atoms with van der Waals surface area (Å²) in [5.74, 6) is 0.680. The fraction of sp³-hybridized carbons (Fsp3) is 0.435. The predicted octanol–water partition coefficient (Wildman–Crippen LogP) is 3.65. The molecule has 0 aromatic heterocycles. The first-order valence-electron chi connectivity index (χ1n) is 10.7. The minimum absolute atomic E-state index is 0.00885. The highest BCUT2D eigenvalue weighted by atomic mass is 32.2. The normalized spacial score (nSPS) is 18.1. The van der Waals surface area contributed by atoms with Gasteiger partial charge in [-0.3, -0.25) is 9.52 Å². The molecular weight excluding hydrogens is 416 g/mol. The van der Waals surface area contributed by atoms with Crippen molar-refractivity contribution in [3.63, 3.8) is 0 Å². The van der Waals surface area contributed by atoms with Crippen molar-refractivity contribution in [2.75, 3.05) is 29.4 Å². The van der Waals surface area contributed by atoms with E-state index in [0.717, 1.165) is 36.1 Å². The maximum atomic E-state index is 12.9. The number of anilines is 2. The quantitative estimate of drug-likeness (QED) is 0.705. The lowest BCUT2D eigenvalue weighted by Crippen LogP contribution is -2.37. The number of sulfonamides is 1. The lowest BCUT2D eigenvalue weighted by molar-refractivity contribution is -0.127. The minimum Gasteiger partial charge on any atom is -0.493 e. The summed E-state index contributed by atoms with van der Waals surface area (Å²) in [6.07, 6.45) is 2.87. The van der Waals surface area contributed by atoms with Crippen LogP contribution < -0.4 is 14.4 Å². The molecule has 0 saturated carbocycles. The number of ether oxygens (including phenoxy) is 2. The van der Waals surface area contributed by atoms with E-state index in [9.17, 15) is 13.2 Å². The molecule has 1 fully saturated rings. The van der Waals surface area contributed by atoms with Gasteiger partial charge in [-0.05, 0) is 80.1 Å². The van der Waals surface area contributed by atoms with E-state index in [1.165, 1.54) is 0 Å². The predicted molar refractivity (Wildman–Crippen MR) is 119 cm³/mol. The molecule has 166 valence electrons. The van der Waals surface area contributed by atoms with Gasteiger partial charge in [0.05, 0.1) is 11.5 Å². The van der Waals surface area contributed by atoms with Gasteiger partial charge in [0.25, 0.3) is 15.9 Å². The number of fused-ring (bicyclic) bond motifs is 1. The maximum Gasteiger partial charge on any atom is 0.261 e. The van der Waals surface area contributed by atoms with E-state index in [0.29, 0.717) is 37.6 Å². The minimum atomic E-state index is -3.74. The number of rotatable bonds is 7. The van der Waals surface area contributed by atoms with E-state index in [-0.39, 0.29) is 16.9 Å². The molecule has 8 heteroatoms. The van der Waals surface area contributed by atoms with Crippen LogP contribution in [0.1, 0.15) is 37.3 Å². The van der Waals surface area contributed by atoms with Crippen molar-refractivity contribution in [3.8, 4) is 5.75 Å². The second-order valence-electron chi connectivity index (χ2n) is 7.97.